The second-order valence-corrected chi connectivity index (χ2v) is 27.4. The Morgan fingerprint density at radius 1 is 0.259 bits per heavy atom. The molecule has 9 saturated heterocycles. The van der Waals surface area contributed by atoms with Gasteiger partial charge in [0.15, 0.2) is 56.6 Å². The average molecular weight is 1580 g/mol. The van der Waals surface area contributed by atoms with Crippen molar-refractivity contribution in [2.24, 2.45) is 0 Å². The van der Waals surface area contributed by atoms with Crippen LogP contribution in [0.2, 0.25) is 0 Å². The van der Waals surface area contributed by atoms with Crippen molar-refractivity contribution in [3.05, 3.63) is 0 Å². The van der Waals surface area contributed by atoms with Gasteiger partial charge in [-0.25, -0.2) is 0 Å². The van der Waals surface area contributed by atoms with E-state index in [2.05, 4.69) is 16.0 Å². The van der Waals surface area contributed by atoms with Crippen LogP contribution in [0.25, 0.3) is 0 Å². The maximum atomic E-state index is 13.2. The van der Waals surface area contributed by atoms with Gasteiger partial charge in [0.1, 0.15) is 213 Å². The van der Waals surface area contributed by atoms with E-state index in [4.69, 9.17) is 80.5 Å². The Kier molecular flexibility index (Phi) is 31.6. The molecule has 0 radical (unpaired) electrons. The van der Waals surface area contributed by atoms with E-state index in [0.717, 1.165) is 20.8 Å². The Bertz CT molecular complexity index is 2820. The summed E-state index contributed by atoms with van der Waals surface area (Å²) in [6.07, 6.45) is -85.4. The van der Waals surface area contributed by atoms with Crippen LogP contribution < -0.4 is 16.0 Å². The number of aliphatic hydroxyl groups is 25. The molecule has 0 aromatic rings. The van der Waals surface area contributed by atoms with Crippen LogP contribution in [0.3, 0.4) is 0 Å². The van der Waals surface area contributed by atoms with Crippen LogP contribution in [0.15, 0.2) is 0 Å². The van der Waals surface area contributed by atoms with Crippen molar-refractivity contribution in [2.45, 2.75) is 304 Å². The van der Waals surface area contributed by atoms with Gasteiger partial charge in [-0.3, -0.25) is 14.4 Å². The Morgan fingerprint density at radius 2 is 0.565 bits per heavy atom. The maximum Gasteiger partial charge on any atom is 0.217 e. The predicted octanol–water partition coefficient (Wildman–Crippen LogP) is -19.2. The van der Waals surface area contributed by atoms with Crippen LogP contribution in [0.4, 0.5) is 0 Å². The topological polar surface area (TPSA) is 750 Å². The zero-order valence-electron chi connectivity index (χ0n) is 58.0. The lowest BCUT2D eigenvalue weighted by Crippen LogP contribution is -2.71. The SMILES string of the molecule is CC(=O)N[C@H]1[C@H](O[C@H]2[C@@H](O)[C@@H](CO)O[C@@H](O[C@H]3[C@H](O)[C@@H](O)C(O)O[C@@H]3CO)[C@@H]2O)O[C@H](CO)[C@@H](O[C@@H]2O[C@H](CO[C@@H]3O[C@H](CO)[C@@H](O)[C@H](O[C@@H]4O[C@H](CO)[C@H](O)[C@H](O)[C@H]4O[C@@H]4O[C@@H](C)[C@@H](O)[C@@H](O)[C@@H]4O)[C@H]3NC(C)=O)[C@H](O)[C@H](O[C@@H]3O[C@H](CO)[C@@H](O)[C@H](O[C@@H]4O[C@H](CO)[C@H](O)[C@H](O)[C@H]4O)[C@H]3NC(C)=O)[C@H]2O)[C@@H]1O. The molecule has 0 aliphatic carbocycles. The van der Waals surface area contributed by atoms with Crippen molar-refractivity contribution in [1.29, 1.82) is 0 Å². The lowest BCUT2D eigenvalue weighted by atomic mass is 9.93. The number of carbonyl (C=O) groups is 3. The first-order valence-corrected chi connectivity index (χ1v) is 34.5. The summed E-state index contributed by atoms with van der Waals surface area (Å²) < 4.78 is 100.0. The quantitative estimate of drug-likeness (QED) is 0.0363. The maximum absolute atomic E-state index is 13.2. The lowest BCUT2D eigenvalue weighted by molar-refractivity contribution is -0.390. The third-order valence-electron chi connectivity index (χ3n) is 19.9. The molecule has 108 heavy (non-hydrogen) atoms. The van der Waals surface area contributed by atoms with Gasteiger partial charge in [0, 0.05) is 20.8 Å². The lowest BCUT2D eigenvalue weighted by Gasteiger charge is -2.51. The fraction of sp³-hybridized carbons (Fsp3) is 0.950. The van der Waals surface area contributed by atoms with Gasteiger partial charge in [-0.1, -0.05) is 0 Å². The van der Waals surface area contributed by atoms with Crippen molar-refractivity contribution >= 4 is 17.7 Å². The second kappa shape index (κ2) is 38.5. The highest BCUT2D eigenvalue weighted by atomic mass is 16.8. The van der Waals surface area contributed by atoms with Gasteiger partial charge in [-0.2, -0.15) is 0 Å². The summed E-state index contributed by atoms with van der Waals surface area (Å²) in [5.74, 6) is -2.89. The van der Waals surface area contributed by atoms with Crippen LogP contribution in [0, 0.1) is 0 Å². The van der Waals surface area contributed by atoms with Gasteiger partial charge < -0.3 is 224 Å². The number of rotatable bonds is 27. The molecule has 0 spiro atoms. The van der Waals surface area contributed by atoms with Crippen molar-refractivity contribution in [1.82, 2.24) is 16.0 Å². The number of aliphatic hydroxyl groups excluding tert-OH is 25. The van der Waals surface area contributed by atoms with Gasteiger partial charge >= 0.3 is 0 Å². The van der Waals surface area contributed by atoms with Crippen molar-refractivity contribution < 1.29 is 223 Å². The molecule has 1 unspecified atom stereocenters. The van der Waals surface area contributed by atoms with Crippen molar-refractivity contribution in [2.75, 3.05) is 52.9 Å². The third-order valence-corrected chi connectivity index (χ3v) is 19.9. The largest absolute Gasteiger partial charge is 0.394 e. The number of hydrogen-bond donors (Lipinski definition) is 28. The van der Waals surface area contributed by atoms with Gasteiger partial charge in [-0.15, -0.1) is 0 Å². The minimum Gasteiger partial charge on any atom is -0.394 e. The Labute approximate surface area is 611 Å². The smallest absolute Gasteiger partial charge is 0.217 e. The van der Waals surface area contributed by atoms with Crippen LogP contribution in [0.1, 0.15) is 27.7 Å². The van der Waals surface area contributed by atoms with E-state index in [9.17, 15) is 142 Å². The normalized spacial score (nSPS) is 50.4. The highest BCUT2D eigenvalue weighted by molar-refractivity contribution is 5.74. The summed E-state index contributed by atoms with van der Waals surface area (Å²) in [7, 11) is 0. The Morgan fingerprint density at radius 3 is 1.06 bits per heavy atom. The minimum atomic E-state index is -2.52. The molecule has 9 heterocycles. The fourth-order valence-corrected chi connectivity index (χ4v) is 14.0. The van der Waals surface area contributed by atoms with Crippen LogP contribution in [-0.2, 0) is 94.9 Å². The predicted molar refractivity (Wildman–Crippen MR) is 330 cm³/mol. The van der Waals surface area contributed by atoms with Gasteiger partial charge in [0.2, 0.25) is 17.7 Å². The van der Waals surface area contributed by atoms with Crippen molar-refractivity contribution in [3.8, 4) is 0 Å². The highest BCUT2D eigenvalue weighted by Gasteiger charge is 2.61. The third kappa shape index (κ3) is 19.1. The molecule has 48 heteroatoms. The molecule has 626 valence electrons. The average Bonchev–Trinajstić information content (AvgIpc) is 0.771. The first-order chi connectivity index (χ1) is 51.1. The van der Waals surface area contributed by atoms with Crippen molar-refractivity contribution in [3.63, 3.8) is 0 Å². The summed E-state index contributed by atoms with van der Waals surface area (Å²) in [4.78, 5) is 39.4. The summed E-state index contributed by atoms with van der Waals surface area (Å²) in [5.41, 5.74) is 0. The monoisotopic (exact) mass is 1580 g/mol. The summed E-state index contributed by atoms with van der Waals surface area (Å²) in [5, 5.41) is 282. The van der Waals surface area contributed by atoms with E-state index < -0.39 is 347 Å². The summed E-state index contributed by atoms with van der Waals surface area (Å²) >= 11 is 0. The highest BCUT2D eigenvalue weighted by Crippen LogP contribution is 2.40. The van der Waals surface area contributed by atoms with Gasteiger partial charge in [-0.05, 0) is 6.92 Å². The Hall–Kier alpha value is -3.27. The molecular formula is C60H101N3O45. The number of nitrogens with one attached hydrogen (secondary N) is 3. The van der Waals surface area contributed by atoms with E-state index in [0.29, 0.717) is 0 Å². The summed E-state index contributed by atoms with van der Waals surface area (Å²) in [6, 6.07) is -5.84. The Balaban J connectivity index is 1.05. The number of hydrogen-bond acceptors (Lipinski definition) is 45. The molecule has 9 aliphatic heterocycles. The molecule has 9 aliphatic rings. The molecule has 28 N–H and O–H groups in total. The van der Waals surface area contributed by atoms with Crippen LogP contribution in [-0.4, -0.2) is 474 Å². The second-order valence-electron chi connectivity index (χ2n) is 27.4. The van der Waals surface area contributed by atoms with E-state index in [1.54, 1.807) is 0 Å². The number of carbonyl (C=O) groups excluding carboxylic acids is 3. The first kappa shape index (κ1) is 88.7. The van der Waals surface area contributed by atoms with Gasteiger partial charge in [0.25, 0.3) is 0 Å². The van der Waals surface area contributed by atoms with E-state index in [-0.39, 0.29) is 0 Å². The molecule has 9 fully saturated rings. The van der Waals surface area contributed by atoms with Crippen LogP contribution >= 0.6 is 0 Å². The number of ether oxygens (including phenoxy) is 17. The number of amides is 3. The molecular weight excluding hydrogens is 1480 g/mol. The van der Waals surface area contributed by atoms with Crippen LogP contribution in [0.5, 0.6) is 0 Å². The summed E-state index contributed by atoms with van der Waals surface area (Å²) in [6.45, 7) is -4.62. The molecule has 48 nitrogen and oxygen atoms in total. The fourth-order valence-electron chi connectivity index (χ4n) is 14.0. The molecule has 45 atom stereocenters. The zero-order valence-corrected chi connectivity index (χ0v) is 58.0. The van der Waals surface area contributed by atoms with E-state index >= 15 is 0 Å². The van der Waals surface area contributed by atoms with E-state index in [1.165, 1.54) is 6.92 Å². The molecule has 0 aromatic carbocycles. The van der Waals surface area contributed by atoms with E-state index in [1.807, 2.05) is 0 Å². The molecule has 0 saturated carbocycles. The first-order valence-electron chi connectivity index (χ1n) is 34.5. The molecule has 0 aromatic heterocycles. The minimum absolute atomic E-state index is 0.924. The molecule has 0 bridgehead atoms. The molecule has 3 amide bonds. The van der Waals surface area contributed by atoms with Gasteiger partial charge in [0.05, 0.1) is 59.0 Å². The molecule has 9 rings (SSSR count). The standard InChI is InChI=1S/C60H101N3O45/c1-13-28(74)36(82)41(87)56(93-13)108-51-38(84)30(76)18(6-65)99-60(51)105-47-26(62-15(3)72)53(95-19(7-66)31(47)77)92-12-24-34(80)50(107-55-27(63-16(4)73)48(32(78)20(8-67)96-55)104-57-42(88)37(83)29(75)17(5-64)97-57)44(90)59(101-24)102-45-23(11-70)100-54(25(35(45)81)61-14(2)71)106-49-33(79)21(9-68)98-58(43(49)89)103-46-22(10-69)94-52(91)40(86)39(46)85/h13,17-60,64-70,74-91H,5-12H2,1-4H3,(H,61,71)(H,62,72)(H,63,73)/t13-,17+,18+,19+,20+,21+,22+,23+,24+,25+,26+,27+,28+,29-,30-,31+,32+,33-,34-,35+,36+,37-,38-,39+,40+,41-,42+,43+,44+,45+,46+,47+,48+,49-,50-,51+,52?,53+,54-,55-,56-,57-,58-,59-,60-/m0/s1. The zero-order chi connectivity index (χ0) is 79.5.